The number of amides is 2. The summed E-state index contributed by atoms with van der Waals surface area (Å²) in [5, 5.41) is 2.92. The molecule has 25 heavy (non-hydrogen) atoms. The second-order valence-electron chi connectivity index (χ2n) is 7.18. The monoisotopic (exact) mass is 354 g/mol. The zero-order valence-corrected chi connectivity index (χ0v) is 15.8. The number of carbonyl (C=O) groups excluding carboxylic acids is 2. The van der Waals surface area contributed by atoms with Gasteiger partial charge in [0.15, 0.2) is 0 Å². The molecule has 2 amide bonds. The van der Waals surface area contributed by atoms with Gasteiger partial charge in [-0.2, -0.15) is 0 Å². The third-order valence-electron chi connectivity index (χ3n) is 5.16. The van der Waals surface area contributed by atoms with Crippen molar-refractivity contribution in [3.05, 3.63) is 0 Å². The largest absolute Gasteiger partial charge is 0.385 e. The molecule has 2 aliphatic rings. The average molecular weight is 354 g/mol. The molecule has 0 aliphatic carbocycles. The molecule has 2 aliphatic heterocycles. The number of rotatable bonds is 8. The first-order valence-electron chi connectivity index (χ1n) is 9.60. The van der Waals surface area contributed by atoms with Crippen molar-refractivity contribution in [3.63, 3.8) is 0 Å². The third kappa shape index (κ3) is 6.92. The Balaban J connectivity index is 1.62. The molecule has 7 heteroatoms. The third-order valence-corrected chi connectivity index (χ3v) is 5.16. The van der Waals surface area contributed by atoms with E-state index in [4.69, 9.17) is 4.74 Å². The average Bonchev–Trinajstić information content (AvgIpc) is 2.61. The second-order valence-corrected chi connectivity index (χ2v) is 7.18. The predicted molar refractivity (Wildman–Crippen MR) is 97.4 cm³/mol. The van der Waals surface area contributed by atoms with Gasteiger partial charge < -0.3 is 15.0 Å². The Morgan fingerprint density at radius 3 is 2.36 bits per heavy atom. The van der Waals surface area contributed by atoms with Gasteiger partial charge in [-0.05, 0) is 32.6 Å². The zero-order chi connectivity index (χ0) is 18.1. The first kappa shape index (κ1) is 20.1. The summed E-state index contributed by atoms with van der Waals surface area (Å²) in [6.45, 7) is 8.74. The lowest BCUT2D eigenvalue weighted by Crippen LogP contribution is -2.53. The van der Waals surface area contributed by atoms with Gasteiger partial charge >= 0.3 is 0 Å². The van der Waals surface area contributed by atoms with E-state index in [1.54, 1.807) is 7.11 Å². The topological polar surface area (TPSA) is 65.1 Å². The van der Waals surface area contributed by atoms with E-state index in [0.29, 0.717) is 32.3 Å². The summed E-state index contributed by atoms with van der Waals surface area (Å²) in [5.41, 5.74) is 0. The van der Waals surface area contributed by atoms with Crippen molar-refractivity contribution in [3.8, 4) is 0 Å². The van der Waals surface area contributed by atoms with Crippen LogP contribution in [-0.4, -0.2) is 98.6 Å². The summed E-state index contributed by atoms with van der Waals surface area (Å²) in [6.07, 6.45) is 4.33. The van der Waals surface area contributed by atoms with E-state index in [9.17, 15) is 9.59 Å². The van der Waals surface area contributed by atoms with Crippen molar-refractivity contribution in [2.24, 2.45) is 0 Å². The zero-order valence-electron chi connectivity index (χ0n) is 15.8. The van der Waals surface area contributed by atoms with Gasteiger partial charge in [-0.25, -0.2) is 0 Å². The van der Waals surface area contributed by atoms with Gasteiger partial charge in [0.25, 0.3) is 0 Å². The molecule has 0 radical (unpaired) electrons. The Morgan fingerprint density at radius 2 is 1.72 bits per heavy atom. The maximum absolute atomic E-state index is 12.5. The van der Waals surface area contributed by atoms with Gasteiger partial charge in [0, 0.05) is 59.0 Å². The highest BCUT2D eigenvalue weighted by Gasteiger charge is 2.26. The molecule has 0 spiro atoms. The standard InChI is InChI=1S/C18H34N4O3/c1-16-6-3-4-8-22(16)18(24)15-21-11-9-20(10-12-21)14-17(23)19-7-5-13-25-2/h16H,3-15H2,1-2H3,(H,19,23). The van der Waals surface area contributed by atoms with Gasteiger partial charge in [0.1, 0.15) is 0 Å². The van der Waals surface area contributed by atoms with Crippen LogP contribution >= 0.6 is 0 Å². The van der Waals surface area contributed by atoms with Crippen LogP contribution < -0.4 is 5.32 Å². The number of nitrogens with zero attached hydrogens (tertiary/aromatic N) is 3. The number of piperidine rings is 1. The van der Waals surface area contributed by atoms with Gasteiger partial charge in [-0.15, -0.1) is 0 Å². The molecule has 0 bridgehead atoms. The molecular weight excluding hydrogens is 320 g/mol. The van der Waals surface area contributed by atoms with E-state index < -0.39 is 0 Å². The Bertz CT molecular complexity index is 425. The number of methoxy groups -OCH3 is 1. The molecule has 2 saturated heterocycles. The van der Waals surface area contributed by atoms with E-state index in [2.05, 4.69) is 22.0 Å². The highest BCUT2D eigenvalue weighted by Crippen LogP contribution is 2.16. The second kappa shape index (κ2) is 10.7. The van der Waals surface area contributed by atoms with Crippen molar-refractivity contribution in [1.82, 2.24) is 20.0 Å². The number of piperazine rings is 1. The van der Waals surface area contributed by atoms with Crippen LogP contribution in [0.25, 0.3) is 0 Å². The van der Waals surface area contributed by atoms with Crippen LogP contribution in [0.5, 0.6) is 0 Å². The number of nitrogens with one attached hydrogen (secondary N) is 1. The summed E-state index contributed by atoms with van der Waals surface area (Å²) < 4.78 is 4.97. The molecule has 0 saturated carbocycles. The minimum absolute atomic E-state index is 0.0720. The van der Waals surface area contributed by atoms with Crippen LogP contribution in [0, 0.1) is 0 Å². The first-order chi connectivity index (χ1) is 12.1. The van der Waals surface area contributed by atoms with Crippen molar-refractivity contribution >= 4 is 11.8 Å². The molecule has 2 heterocycles. The summed E-state index contributed by atoms with van der Waals surface area (Å²) in [7, 11) is 1.66. The predicted octanol–water partition coefficient (Wildman–Crippen LogP) is 0.158. The Hall–Kier alpha value is -1.18. The van der Waals surface area contributed by atoms with Crippen LogP contribution in [0.4, 0.5) is 0 Å². The van der Waals surface area contributed by atoms with Crippen LogP contribution in [0.3, 0.4) is 0 Å². The quantitative estimate of drug-likeness (QED) is 0.629. The summed E-state index contributed by atoms with van der Waals surface area (Å²) in [6, 6.07) is 0.379. The fourth-order valence-corrected chi connectivity index (χ4v) is 3.56. The fraction of sp³-hybridized carbons (Fsp3) is 0.889. The smallest absolute Gasteiger partial charge is 0.236 e. The fourth-order valence-electron chi connectivity index (χ4n) is 3.56. The minimum atomic E-state index is 0.0720. The van der Waals surface area contributed by atoms with E-state index >= 15 is 0 Å². The normalized spacial score (nSPS) is 22.8. The lowest BCUT2D eigenvalue weighted by atomic mass is 10.0. The van der Waals surface area contributed by atoms with E-state index in [0.717, 1.165) is 52.0 Å². The van der Waals surface area contributed by atoms with E-state index in [1.807, 2.05) is 4.90 Å². The lowest BCUT2D eigenvalue weighted by molar-refractivity contribution is -0.136. The van der Waals surface area contributed by atoms with Gasteiger partial charge in [-0.3, -0.25) is 19.4 Å². The number of hydrogen-bond donors (Lipinski definition) is 1. The molecule has 0 aromatic rings. The van der Waals surface area contributed by atoms with Crippen LogP contribution in [0.1, 0.15) is 32.6 Å². The van der Waals surface area contributed by atoms with Gasteiger partial charge in [-0.1, -0.05) is 0 Å². The molecule has 0 aromatic heterocycles. The SMILES string of the molecule is COCCCNC(=O)CN1CCN(CC(=O)N2CCCCC2C)CC1. The summed E-state index contributed by atoms with van der Waals surface area (Å²) in [4.78, 5) is 30.8. The van der Waals surface area contributed by atoms with E-state index in [-0.39, 0.29) is 11.8 Å². The molecule has 1 N–H and O–H groups in total. The number of carbonyl (C=O) groups is 2. The van der Waals surface area contributed by atoms with Crippen LogP contribution in [0.2, 0.25) is 0 Å². The Morgan fingerprint density at radius 1 is 1.04 bits per heavy atom. The Kier molecular flexibility index (Phi) is 8.64. The Labute approximate surface area is 151 Å². The minimum Gasteiger partial charge on any atom is -0.385 e. The maximum Gasteiger partial charge on any atom is 0.236 e. The first-order valence-corrected chi connectivity index (χ1v) is 9.60. The van der Waals surface area contributed by atoms with Crippen LogP contribution in [-0.2, 0) is 14.3 Å². The summed E-state index contributed by atoms with van der Waals surface area (Å²) in [5.74, 6) is 0.333. The van der Waals surface area contributed by atoms with Crippen LogP contribution in [0.15, 0.2) is 0 Å². The van der Waals surface area contributed by atoms with Crippen molar-refractivity contribution in [1.29, 1.82) is 0 Å². The van der Waals surface area contributed by atoms with Crippen molar-refractivity contribution < 1.29 is 14.3 Å². The molecule has 0 aromatic carbocycles. The maximum atomic E-state index is 12.5. The highest BCUT2D eigenvalue weighted by molar-refractivity contribution is 5.79. The van der Waals surface area contributed by atoms with Gasteiger partial charge in [0.05, 0.1) is 13.1 Å². The van der Waals surface area contributed by atoms with E-state index in [1.165, 1.54) is 6.42 Å². The number of hydrogen-bond acceptors (Lipinski definition) is 5. The number of ether oxygens (including phenoxy) is 1. The molecule has 144 valence electrons. The molecule has 1 atom stereocenters. The molecular formula is C18H34N4O3. The molecule has 2 rings (SSSR count). The summed E-state index contributed by atoms with van der Waals surface area (Å²) >= 11 is 0. The molecule has 2 fully saturated rings. The highest BCUT2D eigenvalue weighted by atomic mass is 16.5. The van der Waals surface area contributed by atoms with Crippen molar-refractivity contribution in [2.45, 2.75) is 38.6 Å². The molecule has 1 unspecified atom stereocenters. The van der Waals surface area contributed by atoms with Gasteiger partial charge in [0.2, 0.25) is 11.8 Å². The lowest BCUT2D eigenvalue weighted by Gasteiger charge is -2.37. The molecule has 7 nitrogen and oxygen atoms in total. The van der Waals surface area contributed by atoms with Crippen molar-refractivity contribution in [2.75, 3.05) is 66.1 Å². The number of likely N-dealkylation sites (tertiary alicyclic amines) is 1.